The lowest BCUT2D eigenvalue weighted by molar-refractivity contribution is -0.0220. The summed E-state index contributed by atoms with van der Waals surface area (Å²) in [4.78, 5) is 9.53. The summed E-state index contributed by atoms with van der Waals surface area (Å²) in [5.74, 6) is 0. The first-order valence-electron chi connectivity index (χ1n) is 13.3. The zero-order valence-corrected chi connectivity index (χ0v) is 22.3. The summed E-state index contributed by atoms with van der Waals surface area (Å²) in [7, 11) is -2.45. The maximum absolute atomic E-state index is 11.6. The van der Waals surface area contributed by atoms with Gasteiger partial charge in [0, 0.05) is 13.7 Å². The highest BCUT2D eigenvalue weighted by molar-refractivity contribution is 7.47. The van der Waals surface area contributed by atoms with E-state index in [0.29, 0.717) is 19.6 Å². The van der Waals surface area contributed by atoms with Crippen molar-refractivity contribution < 1.29 is 28.0 Å². The van der Waals surface area contributed by atoms with Gasteiger partial charge in [-0.15, -0.1) is 0 Å². The lowest BCUT2D eigenvalue weighted by Crippen LogP contribution is -2.24. The Bertz CT molecular complexity index is 421. The van der Waals surface area contributed by atoms with Crippen molar-refractivity contribution in [3.05, 3.63) is 0 Å². The van der Waals surface area contributed by atoms with Gasteiger partial charge in [0.15, 0.2) is 0 Å². The Kier molecular flexibility index (Phi) is 24.2. The molecule has 2 unspecified atom stereocenters. The van der Waals surface area contributed by atoms with Crippen LogP contribution in [0.25, 0.3) is 0 Å². The summed E-state index contributed by atoms with van der Waals surface area (Å²) in [5, 5.41) is 0. The summed E-state index contributed by atoms with van der Waals surface area (Å²) in [6.45, 7) is 5.35. The number of phosphoric acid groups is 1. The standard InChI is InChI=1S/C25H53O6P/c1-4-6-7-8-9-10-11-12-13-14-15-16-17-18-19-20-22-29-23-25(28-3)24-31-32(26,27)30-21-5-2/h25H,4-24H2,1-3H3,(H,26,27). The maximum Gasteiger partial charge on any atom is 0.472 e. The zero-order valence-electron chi connectivity index (χ0n) is 21.4. The number of hydrogen-bond donors (Lipinski definition) is 1. The van der Waals surface area contributed by atoms with Crippen LogP contribution in [-0.4, -0.2) is 44.5 Å². The SMILES string of the molecule is CCCCCCCCCCCCCCCCCCOCC(COP(=O)(O)OCCC)OC. The molecule has 32 heavy (non-hydrogen) atoms. The van der Waals surface area contributed by atoms with Crippen molar-refractivity contribution >= 4 is 7.82 Å². The van der Waals surface area contributed by atoms with Gasteiger partial charge in [-0.1, -0.05) is 110 Å². The molecule has 0 aromatic carbocycles. The molecule has 0 aliphatic rings. The second kappa shape index (κ2) is 24.2. The molecule has 2 atom stereocenters. The van der Waals surface area contributed by atoms with E-state index in [2.05, 4.69) is 6.92 Å². The molecule has 0 heterocycles. The molecular formula is C25H53O6P. The average molecular weight is 481 g/mol. The third kappa shape index (κ3) is 23.2. The zero-order chi connectivity index (χ0) is 23.8. The third-order valence-corrected chi connectivity index (χ3v) is 6.65. The van der Waals surface area contributed by atoms with Gasteiger partial charge in [0.1, 0.15) is 6.10 Å². The maximum atomic E-state index is 11.6. The van der Waals surface area contributed by atoms with Crippen LogP contribution >= 0.6 is 7.82 Å². The molecule has 6 nitrogen and oxygen atoms in total. The van der Waals surface area contributed by atoms with Crippen LogP contribution in [0.2, 0.25) is 0 Å². The van der Waals surface area contributed by atoms with Crippen molar-refractivity contribution in [2.24, 2.45) is 0 Å². The first-order valence-corrected chi connectivity index (χ1v) is 14.8. The fraction of sp³-hybridized carbons (Fsp3) is 1.00. The van der Waals surface area contributed by atoms with E-state index in [4.69, 9.17) is 18.5 Å². The van der Waals surface area contributed by atoms with E-state index in [1.165, 1.54) is 96.3 Å². The molecule has 7 heteroatoms. The lowest BCUT2D eigenvalue weighted by atomic mass is 10.0. The van der Waals surface area contributed by atoms with Crippen LogP contribution in [0.1, 0.15) is 123 Å². The molecule has 0 fully saturated rings. The van der Waals surface area contributed by atoms with Crippen LogP contribution in [0.15, 0.2) is 0 Å². The van der Waals surface area contributed by atoms with Gasteiger partial charge in [0.25, 0.3) is 0 Å². The highest BCUT2D eigenvalue weighted by atomic mass is 31.2. The van der Waals surface area contributed by atoms with Crippen molar-refractivity contribution in [2.75, 3.05) is 33.5 Å². The number of ether oxygens (including phenoxy) is 2. The van der Waals surface area contributed by atoms with Crippen molar-refractivity contribution in [1.29, 1.82) is 0 Å². The molecular weight excluding hydrogens is 427 g/mol. The van der Waals surface area contributed by atoms with Crippen LogP contribution < -0.4 is 0 Å². The van der Waals surface area contributed by atoms with E-state index < -0.39 is 7.82 Å². The quantitative estimate of drug-likeness (QED) is 0.100. The second-order valence-electron chi connectivity index (χ2n) is 8.83. The van der Waals surface area contributed by atoms with E-state index in [0.717, 1.165) is 6.42 Å². The van der Waals surface area contributed by atoms with Crippen LogP contribution in [0.5, 0.6) is 0 Å². The van der Waals surface area contributed by atoms with E-state index in [1.807, 2.05) is 6.92 Å². The molecule has 0 aromatic rings. The van der Waals surface area contributed by atoms with Gasteiger partial charge in [0.2, 0.25) is 0 Å². The number of unbranched alkanes of at least 4 members (excludes halogenated alkanes) is 15. The van der Waals surface area contributed by atoms with Crippen molar-refractivity contribution in [2.45, 2.75) is 129 Å². The molecule has 0 aliphatic carbocycles. The Morgan fingerprint density at radius 1 is 0.625 bits per heavy atom. The molecule has 0 saturated carbocycles. The van der Waals surface area contributed by atoms with Crippen LogP contribution in [-0.2, 0) is 23.1 Å². The Hall–Kier alpha value is 0.0300. The van der Waals surface area contributed by atoms with Crippen LogP contribution in [0, 0.1) is 0 Å². The van der Waals surface area contributed by atoms with E-state index in [9.17, 15) is 9.46 Å². The topological polar surface area (TPSA) is 74.2 Å². The lowest BCUT2D eigenvalue weighted by Gasteiger charge is -2.18. The number of phosphoric ester groups is 1. The smallest absolute Gasteiger partial charge is 0.379 e. The molecule has 0 aliphatic heterocycles. The highest BCUT2D eigenvalue weighted by Gasteiger charge is 2.22. The minimum absolute atomic E-state index is 0.0209. The third-order valence-electron chi connectivity index (χ3n) is 5.66. The summed E-state index contributed by atoms with van der Waals surface area (Å²) in [6, 6.07) is 0. The van der Waals surface area contributed by atoms with E-state index in [-0.39, 0.29) is 19.3 Å². The fourth-order valence-corrected chi connectivity index (χ4v) is 4.41. The second-order valence-corrected chi connectivity index (χ2v) is 10.3. The van der Waals surface area contributed by atoms with Gasteiger partial charge < -0.3 is 14.4 Å². The summed E-state index contributed by atoms with van der Waals surface area (Å²) < 4.78 is 32.3. The molecule has 0 saturated heterocycles. The average Bonchev–Trinajstić information content (AvgIpc) is 2.79. The largest absolute Gasteiger partial charge is 0.472 e. The minimum atomic E-state index is -3.99. The van der Waals surface area contributed by atoms with Gasteiger partial charge in [-0.2, -0.15) is 0 Å². The Morgan fingerprint density at radius 2 is 1.09 bits per heavy atom. The molecule has 0 radical (unpaired) electrons. The van der Waals surface area contributed by atoms with Gasteiger partial charge in [-0.25, -0.2) is 4.57 Å². The highest BCUT2D eigenvalue weighted by Crippen LogP contribution is 2.43. The molecule has 0 bridgehead atoms. The number of rotatable bonds is 26. The molecule has 194 valence electrons. The predicted molar refractivity (Wildman–Crippen MR) is 133 cm³/mol. The van der Waals surface area contributed by atoms with Crippen LogP contribution in [0.4, 0.5) is 0 Å². The van der Waals surface area contributed by atoms with Gasteiger partial charge in [-0.05, 0) is 12.8 Å². The molecule has 1 N–H and O–H groups in total. The Labute approximate surface area is 198 Å². The Morgan fingerprint density at radius 3 is 1.53 bits per heavy atom. The van der Waals surface area contributed by atoms with Crippen LogP contribution in [0.3, 0.4) is 0 Å². The van der Waals surface area contributed by atoms with Gasteiger partial charge in [0.05, 0.1) is 19.8 Å². The number of methoxy groups -OCH3 is 1. The molecule has 0 spiro atoms. The van der Waals surface area contributed by atoms with Crippen molar-refractivity contribution in [1.82, 2.24) is 0 Å². The van der Waals surface area contributed by atoms with Gasteiger partial charge in [-0.3, -0.25) is 9.05 Å². The fourth-order valence-electron chi connectivity index (χ4n) is 3.57. The van der Waals surface area contributed by atoms with Crippen molar-refractivity contribution in [3.63, 3.8) is 0 Å². The van der Waals surface area contributed by atoms with E-state index >= 15 is 0 Å². The molecule has 0 aromatic heterocycles. The summed E-state index contributed by atoms with van der Waals surface area (Å²) >= 11 is 0. The molecule has 0 rings (SSSR count). The first kappa shape index (κ1) is 32.0. The summed E-state index contributed by atoms with van der Waals surface area (Å²) in [5.41, 5.74) is 0. The summed E-state index contributed by atoms with van der Waals surface area (Å²) in [6.07, 6.45) is 21.9. The minimum Gasteiger partial charge on any atom is -0.379 e. The Balaban J connectivity index is 3.36. The molecule has 0 amide bonds. The van der Waals surface area contributed by atoms with E-state index in [1.54, 1.807) is 7.11 Å². The number of hydrogen-bond acceptors (Lipinski definition) is 5. The predicted octanol–water partition coefficient (Wildman–Crippen LogP) is 7.82. The monoisotopic (exact) mass is 480 g/mol. The van der Waals surface area contributed by atoms with Gasteiger partial charge >= 0.3 is 7.82 Å². The first-order chi connectivity index (χ1) is 15.6. The normalized spacial score (nSPS) is 14.5. The van der Waals surface area contributed by atoms with Crippen molar-refractivity contribution in [3.8, 4) is 0 Å².